The van der Waals surface area contributed by atoms with Crippen molar-refractivity contribution < 1.29 is 13.9 Å². The number of benzene rings is 1. The fourth-order valence-corrected chi connectivity index (χ4v) is 5.68. The summed E-state index contributed by atoms with van der Waals surface area (Å²) in [4.78, 5) is 14.7. The summed E-state index contributed by atoms with van der Waals surface area (Å²) in [6.07, 6.45) is 5.74. The molecule has 0 unspecified atom stereocenters. The van der Waals surface area contributed by atoms with E-state index < -0.39 is 5.82 Å². The lowest BCUT2D eigenvalue weighted by Gasteiger charge is -2.71. The zero-order chi connectivity index (χ0) is 20.8. The molecule has 1 aromatic carbocycles. The molecule has 3 aliphatic carbocycles. The number of likely N-dealkylation sites (tertiary alicyclic amines) is 1. The van der Waals surface area contributed by atoms with Crippen molar-refractivity contribution in [3.63, 3.8) is 0 Å². The van der Waals surface area contributed by atoms with Crippen LogP contribution in [-0.2, 0) is 4.79 Å². The van der Waals surface area contributed by atoms with Gasteiger partial charge in [-0.15, -0.1) is 0 Å². The van der Waals surface area contributed by atoms with Crippen molar-refractivity contribution in [1.29, 1.82) is 0 Å². The van der Waals surface area contributed by atoms with Crippen LogP contribution in [0.1, 0.15) is 32.1 Å². The zero-order valence-electron chi connectivity index (χ0n) is 17.0. The monoisotopic (exact) mass is 437 g/mol. The number of hydrogen-bond acceptors (Lipinski definition) is 6. The minimum absolute atomic E-state index is 0.0356. The number of nitrogens with one attached hydrogen (secondary N) is 4. The van der Waals surface area contributed by atoms with E-state index in [1.54, 1.807) is 6.07 Å². The van der Waals surface area contributed by atoms with Crippen LogP contribution in [0.2, 0.25) is 5.02 Å². The summed E-state index contributed by atoms with van der Waals surface area (Å²) in [5.74, 6) is -0.430. The molecule has 30 heavy (non-hydrogen) atoms. The number of rotatable bonds is 7. The predicted octanol–water partition coefficient (Wildman–Crippen LogP) is 1.18. The van der Waals surface area contributed by atoms with Gasteiger partial charge in [0.25, 0.3) is 5.91 Å². The SMILES string of the molecule is O=C(COc1ccc(Cl)c(F)c1)NC12CC(NC3CNC(N4CCCC4)NC3)(C1)C2. The van der Waals surface area contributed by atoms with Gasteiger partial charge in [0.2, 0.25) is 0 Å². The summed E-state index contributed by atoms with van der Waals surface area (Å²) in [6, 6.07) is 4.57. The minimum Gasteiger partial charge on any atom is -0.484 e. The fraction of sp³-hybridized carbons (Fsp3) is 0.667. The Morgan fingerprint density at radius 2 is 1.90 bits per heavy atom. The molecular weight excluding hydrogens is 409 g/mol. The van der Waals surface area contributed by atoms with Crippen LogP contribution in [0.5, 0.6) is 5.75 Å². The second kappa shape index (κ2) is 7.91. The highest BCUT2D eigenvalue weighted by Crippen LogP contribution is 2.60. The van der Waals surface area contributed by atoms with Gasteiger partial charge in [-0.3, -0.25) is 20.3 Å². The molecule has 164 valence electrons. The number of ether oxygens (including phenoxy) is 1. The fourth-order valence-electron chi connectivity index (χ4n) is 5.57. The van der Waals surface area contributed by atoms with Gasteiger partial charge >= 0.3 is 0 Å². The van der Waals surface area contributed by atoms with Crippen LogP contribution in [0.25, 0.3) is 0 Å². The molecule has 4 N–H and O–H groups in total. The lowest BCUT2D eigenvalue weighted by atomic mass is 9.44. The Morgan fingerprint density at radius 3 is 2.57 bits per heavy atom. The molecule has 2 aliphatic heterocycles. The van der Waals surface area contributed by atoms with E-state index >= 15 is 0 Å². The van der Waals surface area contributed by atoms with E-state index in [9.17, 15) is 9.18 Å². The van der Waals surface area contributed by atoms with E-state index in [4.69, 9.17) is 16.3 Å². The first-order valence-corrected chi connectivity index (χ1v) is 11.2. The van der Waals surface area contributed by atoms with Crippen LogP contribution < -0.4 is 26.0 Å². The Hall–Kier alpha value is -1.45. The van der Waals surface area contributed by atoms with Gasteiger partial charge in [0.05, 0.1) is 5.02 Å². The highest BCUT2D eigenvalue weighted by atomic mass is 35.5. The molecule has 1 aromatic rings. The van der Waals surface area contributed by atoms with E-state index in [1.165, 1.54) is 38.1 Å². The minimum atomic E-state index is -0.555. The van der Waals surface area contributed by atoms with Gasteiger partial charge in [-0.2, -0.15) is 0 Å². The summed E-state index contributed by atoms with van der Waals surface area (Å²) in [5, 5.41) is 14.2. The number of hydrogen-bond donors (Lipinski definition) is 4. The molecule has 5 aliphatic rings. The van der Waals surface area contributed by atoms with Crippen molar-refractivity contribution >= 4 is 17.5 Å². The third kappa shape index (κ3) is 4.03. The number of carbonyl (C=O) groups excluding carboxylic acids is 1. The maximum Gasteiger partial charge on any atom is 0.258 e. The first-order valence-electron chi connectivity index (χ1n) is 10.8. The normalized spacial score (nSPS) is 35.4. The van der Waals surface area contributed by atoms with Crippen molar-refractivity contribution in [1.82, 2.24) is 26.2 Å². The molecule has 7 nitrogen and oxygen atoms in total. The topological polar surface area (TPSA) is 77.7 Å². The van der Waals surface area contributed by atoms with Crippen LogP contribution in [-0.4, -0.2) is 67.0 Å². The average molecular weight is 438 g/mol. The average Bonchev–Trinajstić information content (AvgIpc) is 3.22. The van der Waals surface area contributed by atoms with Crippen molar-refractivity contribution in [2.45, 2.75) is 55.5 Å². The number of carbonyl (C=O) groups is 1. The number of nitrogens with zero attached hydrogens (tertiary/aromatic N) is 1. The van der Waals surface area contributed by atoms with Gasteiger partial charge in [-0.25, -0.2) is 4.39 Å². The Bertz CT molecular complexity index is 791. The first kappa shape index (κ1) is 20.5. The maximum absolute atomic E-state index is 13.4. The second-order valence-corrected chi connectivity index (χ2v) is 9.71. The van der Waals surface area contributed by atoms with Crippen LogP contribution >= 0.6 is 11.6 Å². The van der Waals surface area contributed by atoms with E-state index in [0.29, 0.717) is 18.1 Å². The highest BCUT2D eigenvalue weighted by molar-refractivity contribution is 6.30. The van der Waals surface area contributed by atoms with Crippen LogP contribution in [0.3, 0.4) is 0 Å². The molecule has 5 fully saturated rings. The van der Waals surface area contributed by atoms with Gasteiger partial charge in [-0.05, 0) is 44.2 Å². The first-order chi connectivity index (χ1) is 14.4. The van der Waals surface area contributed by atoms with Crippen LogP contribution in [0.15, 0.2) is 18.2 Å². The van der Waals surface area contributed by atoms with Gasteiger partial charge in [0.1, 0.15) is 17.9 Å². The maximum atomic E-state index is 13.4. The Morgan fingerprint density at radius 1 is 1.20 bits per heavy atom. The van der Waals surface area contributed by atoms with Gasteiger partial charge < -0.3 is 15.4 Å². The smallest absolute Gasteiger partial charge is 0.258 e. The molecule has 0 spiro atoms. The van der Waals surface area contributed by atoms with Crippen LogP contribution in [0, 0.1) is 5.82 Å². The summed E-state index contributed by atoms with van der Waals surface area (Å²) in [5.41, 5.74) is 0.0499. The van der Waals surface area contributed by atoms with Gasteiger partial charge in [0.15, 0.2) is 6.61 Å². The van der Waals surface area contributed by atoms with Gasteiger partial charge in [-0.1, -0.05) is 11.6 Å². The molecule has 2 bridgehead atoms. The molecule has 0 aromatic heterocycles. The van der Waals surface area contributed by atoms with E-state index in [-0.39, 0.29) is 28.6 Å². The van der Waals surface area contributed by atoms with E-state index in [2.05, 4.69) is 26.2 Å². The molecule has 6 rings (SSSR count). The van der Waals surface area contributed by atoms with Crippen molar-refractivity contribution in [2.24, 2.45) is 0 Å². The summed E-state index contributed by atoms with van der Waals surface area (Å²) in [7, 11) is 0. The third-order valence-electron chi connectivity index (χ3n) is 6.83. The zero-order valence-corrected chi connectivity index (χ0v) is 17.7. The molecule has 1 amide bonds. The van der Waals surface area contributed by atoms with E-state index in [0.717, 1.165) is 32.4 Å². The molecular formula is C21H29ClFN5O2. The summed E-state index contributed by atoms with van der Waals surface area (Å²) < 4.78 is 18.8. The quantitative estimate of drug-likeness (QED) is 0.513. The van der Waals surface area contributed by atoms with E-state index in [1.807, 2.05) is 0 Å². The molecule has 9 heteroatoms. The van der Waals surface area contributed by atoms with Crippen molar-refractivity contribution in [3.05, 3.63) is 29.0 Å². The summed E-state index contributed by atoms with van der Waals surface area (Å²) >= 11 is 5.66. The highest BCUT2D eigenvalue weighted by Gasteiger charge is 2.68. The van der Waals surface area contributed by atoms with Crippen molar-refractivity contribution in [3.8, 4) is 5.75 Å². The predicted molar refractivity (Wildman–Crippen MR) is 112 cm³/mol. The molecule has 2 heterocycles. The largest absolute Gasteiger partial charge is 0.484 e. The van der Waals surface area contributed by atoms with Crippen LogP contribution in [0.4, 0.5) is 4.39 Å². The molecule has 0 atom stereocenters. The van der Waals surface area contributed by atoms with Crippen molar-refractivity contribution in [2.75, 3.05) is 32.8 Å². The number of amides is 1. The lowest BCUT2D eigenvalue weighted by Crippen LogP contribution is -2.85. The number of halogens is 2. The molecule has 3 saturated carbocycles. The molecule has 0 radical (unpaired) electrons. The molecule has 2 saturated heterocycles. The Kier molecular flexibility index (Phi) is 5.39. The standard InChI is InChI=1S/C21H29ClFN5O2/c22-16-4-3-15(7-17(16)23)30-10-18(29)27-21-11-20(12-21,13-21)26-14-8-24-19(25-9-14)28-5-1-2-6-28/h3-4,7,14,19,24-26H,1-2,5-6,8-13H2,(H,27,29). The van der Waals surface area contributed by atoms with Gasteiger partial charge in [0, 0.05) is 49.4 Å². The lowest BCUT2D eigenvalue weighted by molar-refractivity contribution is -0.145. The third-order valence-corrected chi connectivity index (χ3v) is 7.13. The Balaban J connectivity index is 1.02. The summed E-state index contributed by atoms with van der Waals surface area (Å²) in [6.45, 7) is 4.14. The Labute approximate surface area is 181 Å². The second-order valence-electron chi connectivity index (χ2n) is 9.31.